The summed E-state index contributed by atoms with van der Waals surface area (Å²) in [6.45, 7) is 0. The van der Waals surface area contributed by atoms with Crippen LogP contribution in [0.3, 0.4) is 0 Å². The van der Waals surface area contributed by atoms with Gasteiger partial charge in [0.05, 0.1) is 3.58 Å². The zero-order chi connectivity index (χ0) is 9.28. The molecule has 0 unspecified atom stereocenters. The summed E-state index contributed by atoms with van der Waals surface area (Å²) in [5, 5.41) is 0. The van der Waals surface area contributed by atoms with E-state index in [4.69, 9.17) is 0 Å². The smallest absolute Gasteiger partial charge is 0.167 e. The lowest BCUT2D eigenvalue weighted by atomic mass is 10.5. The summed E-state index contributed by atoms with van der Waals surface area (Å²) in [6.07, 6.45) is -10.6. The summed E-state index contributed by atoms with van der Waals surface area (Å²) in [7, 11) is 0. The first kappa shape index (κ1) is 11.1. The zero-order valence-electron chi connectivity index (χ0n) is 4.72. The number of hydrogen-bond acceptors (Lipinski definition) is 0. The molecule has 7 heteroatoms. The minimum Gasteiger partial charge on any atom is -0.167 e. The van der Waals surface area contributed by atoms with Gasteiger partial charge in [0.25, 0.3) is 0 Å². The third-order valence-corrected chi connectivity index (χ3v) is 1.48. The highest BCUT2D eigenvalue weighted by molar-refractivity contribution is 14.1. The standard InChI is InChI=1S/C4HF6I/c5-3(6,7)1-2(11)4(8,9)10/h1H/b2-1+. The van der Waals surface area contributed by atoms with E-state index in [1.165, 1.54) is 0 Å². The van der Waals surface area contributed by atoms with Crippen LogP contribution in [0.2, 0.25) is 0 Å². The van der Waals surface area contributed by atoms with Crippen LogP contribution in [-0.4, -0.2) is 12.4 Å². The summed E-state index contributed by atoms with van der Waals surface area (Å²) in [5.74, 6) is 0. The molecular formula is C4HF6I. The average molecular weight is 290 g/mol. The summed E-state index contributed by atoms with van der Waals surface area (Å²) in [4.78, 5) is 0. The molecule has 0 radical (unpaired) electrons. The van der Waals surface area contributed by atoms with E-state index in [0.717, 1.165) is 0 Å². The normalized spacial score (nSPS) is 15.4. The largest absolute Gasteiger partial charge is 0.422 e. The van der Waals surface area contributed by atoms with Crippen molar-refractivity contribution in [3.05, 3.63) is 9.66 Å². The van der Waals surface area contributed by atoms with Gasteiger partial charge < -0.3 is 0 Å². The highest BCUT2D eigenvalue weighted by atomic mass is 127. The monoisotopic (exact) mass is 290 g/mol. The van der Waals surface area contributed by atoms with E-state index < -0.39 is 22.0 Å². The lowest BCUT2D eigenvalue weighted by Gasteiger charge is -2.05. The molecular weight excluding hydrogens is 289 g/mol. The summed E-state index contributed by atoms with van der Waals surface area (Å²) < 4.78 is 66.3. The molecule has 0 bridgehead atoms. The number of allylic oxidation sites excluding steroid dienone is 2. The van der Waals surface area contributed by atoms with Crippen molar-refractivity contribution < 1.29 is 26.3 Å². The first-order valence-electron chi connectivity index (χ1n) is 2.15. The molecule has 0 aromatic carbocycles. The Bertz CT molecular complexity index is 162. The average Bonchev–Trinajstić information content (AvgIpc) is 1.56. The predicted octanol–water partition coefficient (Wildman–Crippen LogP) is 3.43. The van der Waals surface area contributed by atoms with Gasteiger partial charge >= 0.3 is 12.4 Å². The molecule has 11 heavy (non-hydrogen) atoms. The Labute approximate surface area is 71.4 Å². The van der Waals surface area contributed by atoms with Gasteiger partial charge in [-0.1, -0.05) is 0 Å². The lowest BCUT2D eigenvalue weighted by molar-refractivity contribution is -0.0995. The molecule has 0 saturated heterocycles. The van der Waals surface area contributed by atoms with E-state index in [1.54, 1.807) is 0 Å². The van der Waals surface area contributed by atoms with E-state index in [2.05, 4.69) is 0 Å². The van der Waals surface area contributed by atoms with Gasteiger partial charge in [0.2, 0.25) is 0 Å². The molecule has 0 N–H and O–H groups in total. The van der Waals surface area contributed by atoms with Crippen molar-refractivity contribution in [2.45, 2.75) is 12.4 Å². The molecule has 0 fully saturated rings. The third kappa shape index (κ3) is 5.33. The summed E-state index contributed by atoms with van der Waals surface area (Å²) in [6, 6.07) is 0. The van der Waals surface area contributed by atoms with Crippen LogP contribution < -0.4 is 0 Å². The molecule has 0 spiro atoms. The maximum atomic E-state index is 11.4. The van der Waals surface area contributed by atoms with Crippen LogP contribution in [0.25, 0.3) is 0 Å². The summed E-state index contributed by atoms with van der Waals surface area (Å²) in [5.41, 5.74) is 0. The van der Waals surface area contributed by atoms with Crippen molar-refractivity contribution in [2.24, 2.45) is 0 Å². The van der Waals surface area contributed by atoms with Gasteiger partial charge in [-0.05, 0) is 22.6 Å². The molecule has 0 amide bonds. The van der Waals surface area contributed by atoms with Crippen LogP contribution in [0.4, 0.5) is 26.3 Å². The van der Waals surface area contributed by atoms with E-state index in [-0.39, 0.29) is 0 Å². The van der Waals surface area contributed by atoms with E-state index in [1.807, 2.05) is 0 Å². The van der Waals surface area contributed by atoms with Gasteiger partial charge in [-0.3, -0.25) is 0 Å². The zero-order valence-corrected chi connectivity index (χ0v) is 6.88. The van der Waals surface area contributed by atoms with Crippen LogP contribution in [0.1, 0.15) is 0 Å². The molecule has 0 aliphatic rings. The van der Waals surface area contributed by atoms with Crippen molar-refractivity contribution in [1.82, 2.24) is 0 Å². The fourth-order valence-electron chi connectivity index (χ4n) is 0.226. The maximum absolute atomic E-state index is 11.4. The first-order chi connectivity index (χ1) is 4.63. The maximum Gasteiger partial charge on any atom is 0.422 e. The fourth-order valence-corrected chi connectivity index (χ4v) is 0.579. The topological polar surface area (TPSA) is 0 Å². The van der Waals surface area contributed by atoms with Crippen molar-refractivity contribution >= 4 is 22.6 Å². The van der Waals surface area contributed by atoms with Crippen LogP contribution >= 0.6 is 22.6 Å². The molecule has 0 aromatic rings. The SMILES string of the molecule is FC(F)(F)/C=C(/I)C(F)(F)F. The third-order valence-electron chi connectivity index (χ3n) is 0.561. The van der Waals surface area contributed by atoms with Crippen molar-refractivity contribution in [2.75, 3.05) is 0 Å². The second kappa shape index (κ2) is 3.20. The Hall–Kier alpha value is 0.0500. The van der Waals surface area contributed by atoms with Crippen molar-refractivity contribution in [1.29, 1.82) is 0 Å². The number of rotatable bonds is 0. The molecule has 0 nitrogen and oxygen atoms in total. The van der Waals surface area contributed by atoms with Crippen LogP contribution in [0, 0.1) is 0 Å². The van der Waals surface area contributed by atoms with E-state index >= 15 is 0 Å². The molecule has 66 valence electrons. The highest BCUT2D eigenvalue weighted by Gasteiger charge is 2.36. The number of alkyl halides is 6. The first-order valence-corrected chi connectivity index (χ1v) is 3.23. The highest BCUT2D eigenvalue weighted by Crippen LogP contribution is 2.34. The molecule has 0 heterocycles. The second-order valence-corrected chi connectivity index (χ2v) is 2.69. The molecule has 0 saturated carbocycles. The predicted molar refractivity (Wildman–Crippen MR) is 34.2 cm³/mol. The van der Waals surface area contributed by atoms with Crippen LogP contribution in [-0.2, 0) is 0 Å². The fraction of sp³-hybridized carbons (Fsp3) is 0.500. The molecule has 0 aliphatic heterocycles. The van der Waals surface area contributed by atoms with Gasteiger partial charge in [-0.15, -0.1) is 0 Å². The molecule has 0 aliphatic carbocycles. The Morgan fingerprint density at radius 2 is 1.36 bits per heavy atom. The number of halogens is 7. The summed E-state index contributed by atoms with van der Waals surface area (Å²) >= 11 is 0.590. The number of hydrogen-bond donors (Lipinski definition) is 0. The molecule has 0 rings (SSSR count). The van der Waals surface area contributed by atoms with Gasteiger partial charge in [-0.25, -0.2) is 0 Å². The lowest BCUT2D eigenvalue weighted by Crippen LogP contribution is -2.11. The van der Waals surface area contributed by atoms with Gasteiger partial charge in [0.15, 0.2) is 0 Å². The van der Waals surface area contributed by atoms with Gasteiger partial charge in [0, 0.05) is 6.08 Å². The minimum atomic E-state index is -4.91. The minimum absolute atomic E-state index is 0.590. The van der Waals surface area contributed by atoms with Crippen molar-refractivity contribution in [3.63, 3.8) is 0 Å². The second-order valence-electron chi connectivity index (χ2n) is 1.53. The Morgan fingerprint density at radius 3 is 1.45 bits per heavy atom. The van der Waals surface area contributed by atoms with Crippen LogP contribution in [0.15, 0.2) is 9.66 Å². The van der Waals surface area contributed by atoms with E-state index in [9.17, 15) is 26.3 Å². The van der Waals surface area contributed by atoms with Crippen molar-refractivity contribution in [3.8, 4) is 0 Å². The van der Waals surface area contributed by atoms with Gasteiger partial charge in [0.1, 0.15) is 0 Å². The Kier molecular flexibility index (Phi) is 3.21. The van der Waals surface area contributed by atoms with E-state index in [0.29, 0.717) is 22.6 Å². The Balaban J connectivity index is 4.49. The molecule has 0 atom stereocenters. The van der Waals surface area contributed by atoms with Crippen LogP contribution in [0.5, 0.6) is 0 Å². The van der Waals surface area contributed by atoms with Gasteiger partial charge in [-0.2, -0.15) is 26.3 Å². The molecule has 0 aromatic heterocycles. The Morgan fingerprint density at radius 1 is 1.00 bits per heavy atom. The quantitative estimate of drug-likeness (QED) is 0.473.